The lowest BCUT2D eigenvalue weighted by Crippen LogP contribution is -2.29. The maximum Gasteiger partial charge on any atom is 0.0485 e. The van der Waals surface area contributed by atoms with E-state index in [0.29, 0.717) is 0 Å². The van der Waals surface area contributed by atoms with Crippen LogP contribution in [-0.4, -0.2) is 34.3 Å². The van der Waals surface area contributed by atoms with E-state index < -0.39 is 0 Å². The number of rotatable bonds is 4. The second-order valence-electron chi connectivity index (χ2n) is 5.81. The van der Waals surface area contributed by atoms with Crippen molar-refractivity contribution in [2.75, 3.05) is 19.7 Å². The number of para-hydroxylation sites is 1. The Morgan fingerprint density at radius 1 is 1.10 bits per heavy atom. The van der Waals surface area contributed by atoms with E-state index in [0.717, 1.165) is 13.0 Å². The molecule has 0 bridgehead atoms. The predicted molar refractivity (Wildman–Crippen MR) is 82.8 cm³/mol. The van der Waals surface area contributed by atoms with Crippen LogP contribution in [0.25, 0.3) is 10.9 Å². The molecule has 0 spiro atoms. The van der Waals surface area contributed by atoms with Crippen LogP contribution < -0.4 is 0 Å². The number of hydrogen-bond donors (Lipinski definition) is 1. The number of nitrogens with zero attached hydrogens (tertiary/aromatic N) is 2. The highest BCUT2D eigenvalue weighted by Gasteiger charge is 2.18. The first-order chi connectivity index (χ1) is 9.81. The van der Waals surface area contributed by atoms with Gasteiger partial charge in [-0.05, 0) is 37.6 Å². The van der Waals surface area contributed by atoms with Crippen molar-refractivity contribution in [3.05, 3.63) is 35.5 Å². The first kappa shape index (κ1) is 13.7. The van der Waals surface area contributed by atoms with Crippen molar-refractivity contribution in [3.8, 4) is 0 Å². The Balaban J connectivity index is 2.00. The van der Waals surface area contributed by atoms with E-state index in [-0.39, 0.29) is 6.61 Å². The standard InChI is InChI=1S/C17H24N2O/c1-18-16-8-4-3-7-14(16)15(17(18)9-12-20)13-19-10-5-2-6-11-19/h3-4,7-8,20H,2,5-6,9-13H2,1H3. The van der Waals surface area contributed by atoms with Crippen LogP contribution in [0, 0.1) is 0 Å². The Labute approximate surface area is 120 Å². The molecule has 3 nitrogen and oxygen atoms in total. The molecule has 0 unspecified atom stereocenters. The highest BCUT2D eigenvalue weighted by atomic mass is 16.3. The minimum absolute atomic E-state index is 0.219. The summed E-state index contributed by atoms with van der Waals surface area (Å²) < 4.78 is 2.25. The lowest BCUT2D eigenvalue weighted by atomic mass is 10.1. The maximum absolute atomic E-state index is 9.37. The highest BCUT2D eigenvalue weighted by molar-refractivity contribution is 5.85. The molecule has 0 saturated carbocycles. The number of aromatic nitrogens is 1. The molecule has 0 amide bonds. The monoisotopic (exact) mass is 272 g/mol. The number of hydrogen-bond acceptors (Lipinski definition) is 2. The quantitative estimate of drug-likeness (QED) is 0.927. The zero-order chi connectivity index (χ0) is 13.9. The molecule has 1 N–H and O–H groups in total. The van der Waals surface area contributed by atoms with Gasteiger partial charge in [0.15, 0.2) is 0 Å². The van der Waals surface area contributed by atoms with Gasteiger partial charge in [-0.3, -0.25) is 4.90 Å². The van der Waals surface area contributed by atoms with Gasteiger partial charge in [-0.2, -0.15) is 0 Å². The van der Waals surface area contributed by atoms with Crippen molar-refractivity contribution < 1.29 is 5.11 Å². The smallest absolute Gasteiger partial charge is 0.0485 e. The Kier molecular flexibility index (Phi) is 4.08. The molecule has 1 aromatic heterocycles. The molecular weight excluding hydrogens is 248 g/mol. The predicted octanol–water partition coefficient (Wildman–Crippen LogP) is 2.70. The van der Waals surface area contributed by atoms with E-state index in [9.17, 15) is 5.11 Å². The normalized spacial score (nSPS) is 16.9. The van der Waals surface area contributed by atoms with Crippen LogP contribution in [-0.2, 0) is 20.0 Å². The van der Waals surface area contributed by atoms with Crippen molar-refractivity contribution in [1.82, 2.24) is 9.47 Å². The van der Waals surface area contributed by atoms with Crippen molar-refractivity contribution in [1.29, 1.82) is 0 Å². The lowest BCUT2D eigenvalue weighted by Gasteiger charge is -2.26. The van der Waals surface area contributed by atoms with Gasteiger partial charge in [-0.15, -0.1) is 0 Å². The van der Waals surface area contributed by atoms with Gasteiger partial charge in [0.25, 0.3) is 0 Å². The number of aliphatic hydroxyl groups excluding tert-OH is 1. The van der Waals surface area contributed by atoms with E-state index in [4.69, 9.17) is 0 Å². The molecule has 1 aliphatic heterocycles. The summed E-state index contributed by atoms with van der Waals surface area (Å²) in [5.41, 5.74) is 3.99. The van der Waals surface area contributed by atoms with Gasteiger partial charge in [-0.1, -0.05) is 24.6 Å². The molecule has 1 saturated heterocycles. The molecule has 3 rings (SSSR count). The third-order valence-corrected chi connectivity index (χ3v) is 4.52. The zero-order valence-electron chi connectivity index (χ0n) is 12.3. The molecule has 0 atom stereocenters. The van der Waals surface area contributed by atoms with Crippen molar-refractivity contribution in [3.63, 3.8) is 0 Å². The summed E-state index contributed by atoms with van der Waals surface area (Å²) in [4.78, 5) is 2.56. The van der Waals surface area contributed by atoms with Crippen LogP contribution in [0.1, 0.15) is 30.5 Å². The molecule has 0 radical (unpaired) electrons. The summed E-state index contributed by atoms with van der Waals surface area (Å²) >= 11 is 0. The number of likely N-dealkylation sites (tertiary alicyclic amines) is 1. The van der Waals surface area contributed by atoms with Crippen LogP contribution in [0.3, 0.4) is 0 Å². The number of fused-ring (bicyclic) bond motifs is 1. The van der Waals surface area contributed by atoms with Gasteiger partial charge in [0.1, 0.15) is 0 Å². The van der Waals surface area contributed by atoms with E-state index in [1.54, 1.807) is 0 Å². The fraction of sp³-hybridized carbons (Fsp3) is 0.529. The summed E-state index contributed by atoms with van der Waals surface area (Å²) in [5.74, 6) is 0. The van der Waals surface area contributed by atoms with E-state index in [1.165, 1.54) is 54.5 Å². The average molecular weight is 272 g/mol. The topological polar surface area (TPSA) is 28.4 Å². The largest absolute Gasteiger partial charge is 0.396 e. The van der Waals surface area contributed by atoms with Crippen molar-refractivity contribution >= 4 is 10.9 Å². The number of aryl methyl sites for hydroxylation is 1. The van der Waals surface area contributed by atoms with Gasteiger partial charge < -0.3 is 9.67 Å². The summed E-state index contributed by atoms with van der Waals surface area (Å²) in [6, 6.07) is 8.60. The molecule has 20 heavy (non-hydrogen) atoms. The molecular formula is C17H24N2O. The molecule has 1 fully saturated rings. The SMILES string of the molecule is Cn1c(CCO)c(CN2CCCCC2)c2ccccc21. The van der Waals surface area contributed by atoms with Crippen LogP contribution >= 0.6 is 0 Å². The summed E-state index contributed by atoms with van der Waals surface area (Å²) in [7, 11) is 2.12. The molecule has 3 heteroatoms. The number of piperidine rings is 1. The molecule has 1 aliphatic rings. The fourth-order valence-corrected chi connectivity index (χ4v) is 3.47. The van der Waals surface area contributed by atoms with E-state index in [1.807, 2.05) is 0 Å². The van der Waals surface area contributed by atoms with Crippen LogP contribution in [0.2, 0.25) is 0 Å². The number of benzene rings is 1. The first-order valence-electron chi connectivity index (χ1n) is 7.69. The number of aliphatic hydroxyl groups is 1. The van der Waals surface area contributed by atoms with E-state index in [2.05, 4.69) is 40.8 Å². The molecule has 2 heterocycles. The minimum Gasteiger partial charge on any atom is -0.396 e. The van der Waals surface area contributed by atoms with E-state index >= 15 is 0 Å². The summed E-state index contributed by atoms with van der Waals surface area (Å²) in [5, 5.41) is 10.7. The van der Waals surface area contributed by atoms with Crippen LogP contribution in [0.4, 0.5) is 0 Å². The maximum atomic E-state index is 9.37. The summed E-state index contributed by atoms with van der Waals surface area (Å²) in [6.07, 6.45) is 4.75. The van der Waals surface area contributed by atoms with Gasteiger partial charge in [0.05, 0.1) is 0 Å². The summed E-state index contributed by atoms with van der Waals surface area (Å²) in [6.45, 7) is 3.66. The van der Waals surface area contributed by atoms with Crippen molar-refractivity contribution in [2.45, 2.75) is 32.2 Å². The Morgan fingerprint density at radius 2 is 1.85 bits per heavy atom. The second-order valence-corrected chi connectivity index (χ2v) is 5.81. The highest BCUT2D eigenvalue weighted by Crippen LogP contribution is 2.27. The van der Waals surface area contributed by atoms with Gasteiger partial charge in [-0.25, -0.2) is 0 Å². The Hall–Kier alpha value is -1.32. The third kappa shape index (κ3) is 2.48. The molecule has 1 aromatic carbocycles. The Morgan fingerprint density at radius 3 is 2.60 bits per heavy atom. The van der Waals surface area contributed by atoms with Crippen LogP contribution in [0.15, 0.2) is 24.3 Å². The molecule has 2 aromatic rings. The zero-order valence-corrected chi connectivity index (χ0v) is 12.3. The first-order valence-corrected chi connectivity index (χ1v) is 7.69. The van der Waals surface area contributed by atoms with Gasteiger partial charge in [0.2, 0.25) is 0 Å². The van der Waals surface area contributed by atoms with Crippen LogP contribution in [0.5, 0.6) is 0 Å². The molecule has 0 aliphatic carbocycles. The third-order valence-electron chi connectivity index (χ3n) is 4.52. The second kappa shape index (κ2) is 5.98. The van der Waals surface area contributed by atoms with Gasteiger partial charge in [0, 0.05) is 43.2 Å². The van der Waals surface area contributed by atoms with Crippen molar-refractivity contribution in [2.24, 2.45) is 7.05 Å². The fourth-order valence-electron chi connectivity index (χ4n) is 3.47. The minimum atomic E-state index is 0.219. The average Bonchev–Trinajstić information content (AvgIpc) is 2.75. The van der Waals surface area contributed by atoms with Gasteiger partial charge >= 0.3 is 0 Å². The Bertz CT molecular complexity index is 582. The molecule has 108 valence electrons. The lowest BCUT2D eigenvalue weighted by molar-refractivity contribution is 0.220.